The summed E-state index contributed by atoms with van der Waals surface area (Å²) in [5.41, 5.74) is 17.3. The van der Waals surface area contributed by atoms with Gasteiger partial charge in [0.05, 0.1) is 42.0 Å². The largest absolute Gasteiger partial charge is 0.464 e. The Balaban J connectivity index is 0.000000222. The summed E-state index contributed by atoms with van der Waals surface area (Å²) in [5.74, 6) is -0.554. The van der Waals surface area contributed by atoms with Crippen molar-refractivity contribution in [3.8, 4) is 0 Å². The van der Waals surface area contributed by atoms with E-state index in [-0.39, 0.29) is 34.9 Å². The second-order valence-electron chi connectivity index (χ2n) is 22.9. The highest BCUT2D eigenvalue weighted by Gasteiger charge is 2.18. The molecule has 2 amide bonds. The van der Waals surface area contributed by atoms with Crippen LogP contribution >= 0.6 is 58.0 Å². The minimum Gasteiger partial charge on any atom is -0.464 e. The van der Waals surface area contributed by atoms with Gasteiger partial charge in [-0.15, -0.1) is 15.3 Å². The van der Waals surface area contributed by atoms with Gasteiger partial charge >= 0.3 is 18.0 Å². The monoisotopic (exact) mass is 1440 g/mol. The molecule has 5 N–H and O–H groups in total. The van der Waals surface area contributed by atoms with Crippen molar-refractivity contribution in [2.24, 2.45) is 5.73 Å². The molecule has 29 heteroatoms. The SMILES string of the molecule is CC(C)(C)OC(=O)Cc1ccc(Cc2cccc(Cl)c2)nn1.CC(C)(C)OC(N)=O.CCn1nc(C(=O)Nc2ccc(Cc3cccc(Cl)c3)nn2)ccc1=O.CCn1nc(C(=O)OC)ccc1=O.Clc1cccc(Cc2ccc(Cl)nn2)c1.Nc1ccc(Cc2cccc(Cl)c2)nn1. The molecule has 99 heavy (non-hydrogen) atoms. The maximum Gasteiger partial charge on any atom is 0.405 e. The number of anilines is 2. The molecular formula is C70H74Cl5N15O9. The number of rotatable bonds is 15. The number of methoxy groups -OCH3 is 1. The summed E-state index contributed by atoms with van der Waals surface area (Å²) in [6.07, 6.45) is 2.07. The molecule has 24 nitrogen and oxygen atoms in total. The van der Waals surface area contributed by atoms with Gasteiger partial charge in [0.2, 0.25) is 0 Å². The van der Waals surface area contributed by atoms with Crippen molar-refractivity contribution in [3.63, 3.8) is 0 Å². The fourth-order valence-corrected chi connectivity index (χ4v) is 9.07. The molecule has 0 fully saturated rings. The summed E-state index contributed by atoms with van der Waals surface area (Å²) in [5, 5.41) is 45.5. The van der Waals surface area contributed by atoms with Crippen molar-refractivity contribution in [3.05, 3.63) is 278 Å². The van der Waals surface area contributed by atoms with Crippen LogP contribution in [0.25, 0.3) is 0 Å². The number of esters is 2. The van der Waals surface area contributed by atoms with Crippen molar-refractivity contribution in [2.75, 3.05) is 18.2 Å². The number of nitrogen functional groups attached to an aromatic ring is 1. The van der Waals surface area contributed by atoms with E-state index in [4.69, 9.17) is 74.2 Å². The van der Waals surface area contributed by atoms with Crippen molar-refractivity contribution in [2.45, 2.75) is 112 Å². The molecule has 10 aromatic rings. The van der Waals surface area contributed by atoms with Crippen LogP contribution in [0.5, 0.6) is 0 Å². The van der Waals surface area contributed by atoms with Crippen molar-refractivity contribution >= 4 is 93.6 Å². The number of aryl methyl sites for hydroxylation is 2. The Kier molecular flexibility index (Phi) is 32.1. The normalized spacial score (nSPS) is 10.5. The van der Waals surface area contributed by atoms with E-state index in [1.165, 1.54) is 40.7 Å². The van der Waals surface area contributed by atoms with Crippen LogP contribution in [-0.4, -0.2) is 103 Å². The zero-order valence-electron chi connectivity index (χ0n) is 55.7. The second-order valence-corrected chi connectivity index (χ2v) is 25.1. The third-order valence-electron chi connectivity index (χ3n) is 12.4. The van der Waals surface area contributed by atoms with E-state index in [0.29, 0.717) is 71.3 Å². The van der Waals surface area contributed by atoms with Gasteiger partial charge < -0.3 is 31.0 Å². The molecule has 0 spiro atoms. The number of halogens is 5. The Labute approximate surface area is 597 Å². The molecule has 10 rings (SSSR count). The number of primary amides is 1. The zero-order valence-corrected chi connectivity index (χ0v) is 59.5. The van der Waals surface area contributed by atoms with Gasteiger partial charge in [0.25, 0.3) is 17.0 Å². The van der Waals surface area contributed by atoms with Crippen molar-refractivity contribution in [1.29, 1.82) is 0 Å². The highest BCUT2D eigenvalue weighted by molar-refractivity contribution is 6.31. The van der Waals surface area contributed by atoms with Crippen molar-refractivity contribution in [1.82, 2.24) is 60.4 Å². The van der Waals surface area contributed by atoms with E-state index in [0.717, 1.165) is 55.1 Å². The number of hydrogen-bond donors (Lipinski definition) is 3. The lowest BCUT2D eigenvalue weighted by Gasteiger charge is -2.19. The average Bonchev–Trinajstić information content (AvgIpc) is 0.914. The first kappa shape index (κ1) is 79.6. The van der Waals surface area contributed by atoms with Gasteiger partial charge in [-0.1, -0.05) is 107 Å². The fourth-order valence-electron chi connectivity index (χ4n) is 8.12. The molecule has 0 atom stereocenters. The molecular weight excluding hydrogens is 1370 g/mol. The minimum atomic E-state index is -0.725. The Morgan fingerprint density at radius 1 is 0.465 bits per heavy atom. The smallest absolute Gasteiger partial charge is 0.405 e. The second kappa shape index (κ2) is 39.9. The van der Waals surface area contributed by atoms with E-state index in [2.05, 4.69) is 65.8 Å². The van der Waals surface area contributed by atoms with Crippen LogP contribution in [0.2, 0.25) is 25.2 Å². The fraction of sp³-hybridized carbons (Fsp3) is 0.257. The maximum absolute atomic E-state index is 12.2. The van der Waals surface area contributed by atoms with Gasteiger partial charge in [-0.3, -0.25) is 19.2 Å². The van der Waals surface area contributed by atoms with E-state index in [9.17, 15) is 28.8 Å². The van der Waals surface area contributed by atoms with Crippen molar-refractivity contribution < 1.29 is 33.4 Å². The Morgan fingerprint density at radius 3 is 1.19 bits per heavy atom. The summed E-state index contributed by atoms with van der Waals surface area (Å²) in [6, 6.07) is 50.2. The van der Waals surface area contributed by atoms with E-state index < -0.39 is 29.2 Å². The first-order valence-corrected chi connectivity index (χ1v) is 32.3. The van der Waals surface area contributed by atoms with E-state index in [1.54, 1.807) is 65.0 Å². The predicted octanol–water partition coefficient (Wildman–Crippen LogP) is 12.8. The first-order chi connectivity index (χ1) is 46.9. The molecule has 6 heterocycles. The molecule has 0 aliphatic rings. The molecule has 0 unspecified atom stereocenters. The lowest BCUT2D eigenvalue weighted by Crippen LogP contribution is -2.27. The summed E-state index contributed by atoms with van der Waals surface area (Å²) in [4.78, 5) is 67.6. The maximum atomic E-state index is 12.2. The molecule has 0 bridgehead atoms. The van der Waals surface area contributed by atoms with E-state index >= 15 is 0 Å². The van der Waals surface area contributed by atoms with Gasteiger partial charge in [-0.05, 0) is 187 Å². The third-order valence-corrected chi connectivity index (χ3v) is 13.5. The molecule has 518 valence electrons. The molecule has 4 aromatic carbocycles. The molecule has 0 aliphatic carbocycles. The van der Waals surface area contributed by atoms with Crippen LogP contribution in [0.1, 0.15) is 127 Å². The van der Waals surface area contributed by atoms with Gasteiger partial charge in [0.1, 0.15) is 22.7 Å². The highest BCUT2D eigenvalue weighted by Crippen LogP contribution is 2.19. The minimum absolute atomic E-state index is 0.127. The summed E-state index contributed by atoms with van der Waals surface area (Å²) in [7, 11) is 1.27. The number of hydrogen-bond acceptors (Lipinski definition) is 20. The number of carbonyl (C=O) groups is 4. The van der Waals surface area contributed by atoms with Gasteiger partial charge in [0.15, 0.2) is 16.7 Å². The predicted molar refractivity (Wildman–Crippen MR) is 382 cm³/mol. The lowest BCUT2D eigenvalue weighted by atomic mass is 10.1. The van der Waals surface area contributed by atoms with Gasteiger partial charge in [-0.2, -0.15) is 35.7 Å². The Hall–Kier alpha value is -10.1. The Morgan fingerprint density at radius 2 is 0.848 bits per heavy atom. The summed E-state index contributed by atoms with van der Waals surface area (Å²) >= 11 is 29.3. The van der Waals surface area contributed by atoms with Crippen LogP contribution in [0.4, 0.5) is 16.4 Å². The third kappa shape index (κ3) is 31.3. The average molecular weight is 1450 g/mol. The number of benzene rings is 4. The zero-order chi connectivity index (χ0) is 72.7. The summed E-state index contributed by atoms with van der Waals surface area (Å²) in [6.45, 7) is 15.2. The number of nitrogens with two attached hydrogens (primary N) is 2. The quantitative estimate of drug-likeness (QED) is 0.0634. The van der Waals surface area contributed by atoms with Crippen LogP contribution in [-0.2, 0) is 64.2 Å². The highest BCUT2D eigenvalue weighted by atomic mass is 35.5. The van der Waals surface area contributed by atoms with E-state index in [1.807, 2.05) is 136 Å². The number of amides is 2. The molecule has 0 radical (unpaired) electrons. The molecule has 0 saturated heterocycles. The number of carbonyl (C=O) groups excluding carboxylic acids is 4. The standard InChI is InChI=1S/C18H16ClN5O2.C17H19ClN2O2.C11H8Cl2N2.C11H10ClN3.C8H10N2O3.C5H11NO2/c1-2-24-17(25)9-7-15(23-24)18(26)20-16-8-6-14(21-22-16)11-12-4-3-5-13(19)10-12;1-17(2,3)22-16(21)11-15-8-7-14(19-20-15)10-12-5-4-6-13(18)9-12;2*12-9-3-1-2-8(6-9)7-10-4-5-11(13)15-14-10;1-3-10-7(11)5-4-6(9-10)8(12)13-2;1-5(2,3)8-4(6)7/h3-10H,2,11H2,1H3,(H,20,22,26);4-9H,10-11H2,1-3H3;1-6H,7H2;1-6H,7H2,(H2,13,15);4-5H,3H2,1-2H3;1-3H3,(H2,6,7). The van der Waals surface area contributed by atoms with Crippen LogP contribution in [0, 0.1) is 0 Å². The molecule has 6 aromatic heterocycles. The number of aromatic nitrogens is 12. The van der Waals surface area contributed by atoms with Gasteiger partial charge in [0, 0.05) is 71.0 Å². The first-order valence-electron chi connectivity index (χ1n) is 30.4. The Bertz CT molecular complexity index is 4280. The molecule has 0 saturated carbocycles. The van der Waals surface area contributed by atoms with Crippen LogP contribution < -0.4 is 27.9 Å². The topological polar surface area (TPSA) is 333 Å². The number of ether oxygens (including phenoxy) is 3. The van der Waals surface area contributed by atoms with Gasteiger partial charge in [-0.25, -0.2) is 19.0 Å². The van der Waals surface area contributed by atoms with Crippen LogP contribution in [0.15, 0.2) is 179 Å². The molecule has 0 aliphatic heterocycles. The summed E-state index contributed by atoms with van der Waals surface area (Å²) < 4.78 is 16.7. The lowest BCUT2D eigenvalue weighted by molar-refractivity contribution is -0.154. The number of nitrogens with one attached hydrogen (secondary N) is 1. The number of nitrogens with zero attached hydrogens (tertiary/aromatic N) is 12. The van der Waals surface area contributed by atoms with Crippen LogP contribution in [0.3, 0.4) is 0 Å².